The van der Waals surface area contributed by atoms with Crippen LogP contribution in [0.5, 0.6) is 0 Å². The van der Waals surface area contributed by atoms with Crippen molar-refractivity contribution in [3.05, 3.63) is 46.6 Å². The maximum absolute atomic E-state index is 12.7. The molecule has 4 rings (SSSR count). The molecule has 2 aliphatic rings. The molecule has 0 saturated carbocycles. The van der Waals surface area contributed by atoms with Gasteiger partial charge in [-0.25, -0.2) is 14.8 Å². The van der Waals surface area contributed by atoms with Gasteiger partial charge in [-0.15, -0.1) is 22.9 Å². The fourth-order valence-corrected chi connectivity index (χ4v) is 6.39. The van der Waals surface area contributed by atoms with Crippen LogP contribution in [-0.2, 0) is 16.6 Å². The molecule has 0 radical (unpaired) electrons. The first kappa shape index (κ1) is 29.0. The summed E-state index contributed by atoms with van der Waals surface area (Å²) in [5, 5.41) is 27.7. The zero-order chi connectivity index (χ0) is 29.2. The van der Waals surface area contributed by atoms with Crippen molar-refractivity contribution in [3.8, 4) is 6.07 Å². The second-order valence-corrected chi connectivity index (χ2v) is 12.4. The molecule has 5 N–H and O–H groups in total. The van der Waals surface area contributed by atoms with Crippen molar-refractivity contribution in [3.63, 3.8) is 0 Å². The number of aliphatic imine (C=N–C) groups is 1. The molecule has 2 aromatic rings. The minimum absolute atomic E-state index is 0.000319. The minimum Gasteiger partial charge on any atom is -0.581 e. The largest absolute Gasteiger partial charge is 0.581 e. The molecule has 1 saturated heterocycles. The monoisotopic (exact) mass is 565 g/mol. The Morgan fingerprint density at radius 1 is 1.43 bits per heavy atom. The average Bonchev–Trinajstić information content (AvgIpc) is 3.08. The molecule has 2 aromatic heterocycles. The Bertz CT molecular complexity index is 1390. The van der Waals surface area contributed by atoms with Gasteiger partial charge in [0.1, 0.15) is 27.8 Å². The molecule has 1 aliphatic heterocycles. The summed E-state index contributed by atoms with van der Waals surface area (Å²) in [6.45, 7) is 12.8. The molecular weight excluding hydrogens is 528 g/mol. The van der Waals surface area contributed by atoms with E-state index in [4.69, 9.17) is 21.0 Å². The van der Waals surface area contributed by atoms with E-state index in [-0.39, 0.29) is 29.6 Å². The summed E-state index contributed by atoms with van der Waals surface area (Å²) in [5.74, 6) is 0.229. The van der Waals surface area contributed by atoms with Crippen molar-refractivity contribution in [2.75, 3.05) is 30.3 Å². The number of anilines is 2. The lowest BCUT2D eigenvalue weighted by molar-refractivity contribution is 0.0255. The van der Waals surface area contributed by atoms with Gasteiger partial charge in [-0.1, -0.05) is 6.08 Å². The van der Waals surface area contributed by atoms with Crippen molar-refractivity contribution in [2.24, 2.45) is 4.99 Å². The molecule has 0 aromatic carbocycles. The normalized spacial score (nSPS) is 21.7. The van der Waals surface area contributed by atoms with Crippen LogP contribution in [0.1, 0.15) is 68.7 Å². The third kappa shape index (κ3) is 5.79. The Hall–Kier alpha value is -3.98. The molecule has 1 fully saturated rings. The highest BCUT2D eigenvalue weighted by Crippen LogP contribution is 2.46. The van der Waals surface area contributed by atoms with Crippen LogP contribution < -0.4 is 10.6 Å². The van der Waals surface area contributed by atoms with E-state index >= 15 is 0 Å². The van der Waals surface area contributed by atoms with E-state index in [1.54, 1.807) is 23.2 Å². The number of carbonyl (C=O) groups excluding carboxylic acids is 1. The number of rotatable bonds is 4. The molecule has 0 spiro atoms. The topological polar surface area (TPSA) is 167 Å². The molecule has 1 aliphatic carbocycles. The highest BCUT2D eigenvalue weighted by molar-refractivity contribution is 7.16. The number of amides is 1. The number of hydrogen-bond donors (Lipinski definition) is 2. The van der Waals surface area contributed by atoms with Crippen LogP contribution in [0.2, 0.25) is 0 Å². The fourth-order valence-electron chi connectivity index (χ4n) is 5.20. The molecule has 0 unspecified atom stereocenters. The number of aryl methyl sites for hydroxylation is 1. The highest BCUT2D eigenvalue weighted by atomic mass is 32.1. The number of carbonyl (C=O) groups is 1. The number of nitriles is 1. The summed E-state index contributed by atoms with van der Waals surface area (Å²) < 4.78 is 5.57. The van der Waals surface area contributed by atoms with Gasteiger partial charge in [-0.3, -0.25) is 5.41 Å². The molecule has 0 bridgehead atoms. The third-order valence-electron chi connectivity index (χ3n) is 7.20. The molecule has 11 nitrogen and oxygen atoms in total. The number of nitrogens with one attached hydrogen (secondary N) is 1. The number of aromatic nitrogens is 2. The Morgan fingerprint density at radius 3 is 2.85 bits per heavy atom. The van der Waals surface area contributed by atoms with E-state index in [0.29, 0.717) is 49.0 Å². The number of nitrogens with two attached hydrogens (primary N) is 1. The Balaban J connectivity index is 1.58. The van der Waals surface area contributed by atoms with Crippen LogP contribution in [-0.4, -0.2) is 69.1 Å². The summed E-state index contributed by atoms with van der Waals surface area (Å²) in [6.07, 6.45) is 5.91. The van der Waals surface area contributed by atoms with Gasteiger partial charge in [0.25, 0.3) is 0 Å². The van der Waals surface area contributed by atoms with Crippen LogP contribution in [0.4, 0.5) is 15.7 Å². The van der Waals surface area contributed by atoms with Crippen molar-refractivity contribution < 1.29 is 14.6 Å². The summed E-state index contributed by atoms with van der Waals surface area (Å²) in [5.41, 5.74) is 6.15. The molecule has 40 heavy (non-hydrogen) atoms. The van der Waals surface area contributed by atoms with E-state index in [1.807, 2.05) is 32.6 Å². The van der Waals surface area contributed by atoms with Gasteiger partial charge < -0.3 is 25.4 Å². The standard InChI is InChI=1S/C28H36N8O3S/c1-6-17-16-35(26(38)39-27(2,3)4)13-8-14-36(17)25-32-12-10-19(33-25)22(30)34-24(37)28(5)11-7-9-20-21(28)18(15-29)23(31)40-20/h6,10,12,17H,1,7-9,11,13-14,16,31H2,2-5H3,(H2,30,34,37)/p+1/t17-,28-/m0/s1. The van der Waals surface area contributed by atoms with Crippen LogP contribution in [0.25, 0.3) is 0 Å². The van der Waals surface area contributed by atoms with Gasteiger partial charge in [0.15, 0.2) is 5.84 Å². The van der Waals surface area contributed by atoms with Crippen molar-refractivity contribution in [1.29, 1.82) is 10.7 Å². The van der Waals surface area contributed by atoms with Gasteiger partial charge in [0.2, 0.25) is 5.95 Å². The summed E-state index contributed by atoms with van der Waals surface area (Å²) in [4.78, 5) is 30.8. The SMILES string of the molecule is C=C[C@H]1CN(C(=O)OC(C)(C)C)CCCN1c1nccc(C(=N)N=C([OH2+])[C@@]2(C)CCCc3sc(N)c(C#N)c32)n1. The van der Waals surface area contributed by atoms with Crippen molar-refractivity contribution >= 4 is 40.1 Å². The molecule has 212 valence electrons. The zero-order valence-corrected chi connectivity index (χ0v) is 24.3. The Labute approximate surface area is 238 Å². The number of nitrogen functional groups attached to an aromatic ring is 1. The van der Waals surface area contributed by atoms with Crippen molar-refractivity contribution in [1.82, 2.24) is 14.9 Å². The maximum Gasteiger partial charge on any atom is 0.410 e. The minimum atomic E-state index is -0.821. The van der Waals surface area contributed by atoms with Gasteiger partial charge in [0, 0.05) is 36.3 Å². The van der Waals surface area contributed by atoms with Crippen molar-refractivity contribution in [2.45, 2.75) is 70.4 Å². The van der Waals surface area contributed by atoms with E-state index in [0.717, 1.165) is 23.3 Å². The second-order valence-electron chi connectivity index (χ2n) is 11.3. The third-order valence-corrected chi connectivity index (χ3v) is 8.28. The lowest BCUT2D eigenvalue weighted by Gasteiger charge is -2.31. The van der Waals surface area contributed by atoms with Crippen LogP contribution in [0.3, 0.4) is 0 Å². The molecular formula is C28H37N8O3S+. The number of hydrogen-bond acceptors (Lipinski definition) is 9. The van der Waals surface area contributed by atoms with Crippen LogP contribution >= 0.6 is 11.3 Å². The second kappa shape index (κ2) is 11.3. The molecule has 3 heterocycles. The first-order valence-corrected chi connectivity index (χ1v) is 14.1. The average molecular weight is 566 g/mol. The predicted octanol–water partition coefficient (Wildman–Crippen LogP) is 3.74. The maximum atomic E-state index is 12.7. The Kier molecular flexibility index (Phi) is 8.16. The lowest BCUT2D eigenvalue weighted by atomic mass is 9.72. The van der Waals surface area contributed by atoms with Gasteiger partial charge in [0.05, 0.1) is 11.6 Å². The summed E-state index contributed by atoms with van der Waals surface area (Å²) in [6, 6.07) is 3.53. The zero-order valence-electron chi connectivity index (χ0n) is 23.5. The fraction of sp³-hybridized carbons (Fsp3) is 0.500. The predicted molar refractivity (Wildman–Crippen MR) is 157 cm³/mol. The smallest absolute Gasteiger partial charge is 0.410 e. The van der Waals surface area contributed by atoms with E-state index in [2.05, 4.69) is 27.6 Å². The summed E-state index contributed by atoms with van der Waals surface area (Å²) >= 11 is 1.40. The van der Waals surface area contributed by atoms with E-state index in [1.165, 1.54) is 11.3 Å². The molecule has 1 amide bonds. The first-order valence-electron chi connectivity index (χ1n) is 13.3. The van der Waals surface area contributed by atoms with Gasteiger partial charge in [-0.2, -0.15) is 5.26 Å². The number of amidine groups is 1. The Morgan fingerprint density at radius 2 is 2.17 bits per heavy atom. The quantitative estimate of drug-likeness (QED) is 0.246. The van der Waals surface area contributed by atoms with Crippen LogP contribution in [0.15, 0.2) is 29.9 Å². The summed E-state index contributed by atoms with van der Waals surface area (Å²) in [7, 11) is 0. The number of ether oxygens (including phenoxy) is 1. The van der Waals surface area contributed by atoms with E-state index in [9.17, 15) is 10.1 Å². The highest BCUT2D eigenvalue weighted by Gasteiger charge is 2.45. The number of nitrogens with zero attached hydrogens (tertiary/aromatic N) is 6. The van der Waals surface area contributed by atoms with E-state index < -0.39 is 11.0 Å². The van der Waals surface area contributed by atoms with Crippen LogP contribution in [0, 0.1) is 16.7 Å². The molecule has 2 atom stereocenters. The van der Waals surface area contributed by atoms with Gasteiger partial charge in [-0.05, 0) is 59.4 Å². The number of fused-ring (bicyclic) bond motifs is 1. The number of thiophene rings is 1. The first-order chi connectivity index (χ1) is 18.9. The van der Waals surface area contributed by atoms with Gasteiger partial charge >= 0.3 is 12.0 Å². The molecule has 12 heteroatoms. The lowest BCUT2D eigenvalue weighted by Crippen LogP contribution is -2.44.